The molecule has 5 heterocycles. The van der Waals surface area contributed by atoms with E-state index in [1.165, 1.54) is 0 Å². The fourth-order valence-electron chi connectivity index (χ4n) is 9.96. The van der Waals surface area contributed by atoms with Crippen molar-refractivity contribution < 1.29 is 18.9 Å². The highest BCUT2D eigenvalue weighted by Gasteiger charge is 2.28. The Morgan fingerprint density at radius 2 is 0.575 bits per heavy atom. The minimum Gasteiger partial charge on any atom is -0.457 e. The van der Waals surface area contributed by atoms with Crippen LogP contribution in [0.1, 0.15) is 0 Å². The molecule has 3 aromatic heterocycles. The molecule has 2 aliphatic rings. The summed E-state index contributed by atoms with van der Waals surface area (Å²) in [6.07, 6.45) is 0. The average molecular weight is 1060 g/mol. The van der Waals surface area contributed by atoms with Crippen molar-refractivity contribution in [1.29, 1.82) is 0 Å². The fourth-order valence-corrected chi connectivity index (χ4v) is 9.96. The molecule has 0 fully saturated rings. The van der Waals surface area contributed by atoms with E-state index in [1.807, 2.05) is 246 Å². The standard InChI is InChI=1S/C64H54N12O4/c1-73(2)37-21-29-41(30-22-37)77-49-17-9-13-45-53(49)61-65-57(45)70-62-55-47(15-11-19-51(55)79-43-33-25-39(26-34-43)75(5)6)59(67-62)72-64-56-48(16-12-20-52(56)80-44-35-27-40(28-36-44)76(7)8)60(68-64)71-63-54-46(58(66-63)69-61)14-10-18-50(54)78-42-31-23-38(24-32-42)74(3)4/h9-36H,1-8H3,(H2,65,66,67,68,69,70,71,72). The van der Waals surface area contributed by atoms with Gasteiger partial charge in [0.2, 0.25) is 0 Å². The molecule has 16 heteroatoms. The second-order valence-electron chi connectivity index (χ2n) is 20.3. The lowest BCUT2D eigenvalue weighted by molar-refractivity contribution is 0.484. The van der Waals surface area contributed by atoms with E-state index >= 15 is 0 Å². The van der Waals surface area contributed by atoms with Crippen molar-refractivity contribution in [2.75, 3.05) is 76.0 Å². The van der Waals surface area contributed by atoms with Gasteiger partial charge < -0.3 is 48.5 Å². The lowest BCUT2D eigenvalue weighted by atomic mass is 10.1. The predicted molar refractivity (Wildman–Crippen MR) is 319 cm³/mol. The molecular weight excluding hydrogens is 1000 g/mol. The van der Waals surface area contributed by atoms with Crippen molar-refractivity contribution in [3.8, 4) is 91.5 Å². The summed E-state index contributed by atoms with van der Waals surface area (Å²) in [6.45, 7) is 0. The number of rotatable bonds is 12. The molecule has 0 spiro atoms. The Kier molecular flexibility index (Phi) is 12.2. The van der Waals surface area contributed by atoms with E-state index in [2.05, 4.69) is 9.97 Å². The molecule has 0 amide bonds. The van der Waals surface area contributed by atoms with Crippen molar-refractivity contribution in [2.45, 2.75) is 0 Å². The number of fused-ring (bicyclic) bond motifs is 20. The van der Waals surface area contributed by atoms with Crippen LogP contribution in [0.15, 0.2) is 170 Å². The molecule has 2 aliphatic heterocycles. The van der Waals surface area contributed by atoms with Crippen LogP contribution in [-0.2, 0) is 0 Å². The summed E-state index contributed by atoms with van der Waals surface area (Å²) in [4.78, 5) is 47.6. The number of aromatic nitrogens is 8. The largest absolute Gasteiger partial charge is 0.457 e. The van der Waals surface area contributed by atoms with Gasteiger partial charge in [-0.1, -0.05) is 48.5 Å². The van der Waals surface area contributed by atoms with E-state index in [0.717, 1.165) is 33.5 Å². The van der Waals surface area contributed by atoms with Gasteiger partial charge in [0.1, 0.15) is 68.6 Å². The number of hydrogen-bond donors (Lipinski definition) is 2. The van der Waals surface area contributed by atoms with E-state index in [-0.39, 0.29) is 0 Å². The van der Waals surface area contributed by atoms with Gasteiger partial charge in [0.05, 0.1) is 21.9 Å². The molecule has 0 radical (unpaired) electrons. The first-order valence-corrected chi connectivity index (χ1v) is 26.0. The van der Waals surface area contributed by atoms with Crippen molar-refractivity contribution >= 4 is 66.9 Å². The summed E-state index contributed by atoms with van der Waals surface area (Å²) in [7, 11) is 16.1. The molecule has 11 aromatic rings. The van der Waals surface area contributed by atoms with Crippen LogP contribution in [0.4, 0.5) is 22.7 Å². The molecule has 394 valence electrons. The van der Waals surface area contributed by atoms with Gasteiger partial charge in [0.15, 0.2) is 23.3 Å². The maximum atomic E-state index is 6.76. The number of H-pyrrole nitrogens is 2. The normalized spacial score (nSPS) is 11.5. The molecule has 0 saturated heterocycles. The van der Waals surface area contributed by atoms with Gasteiger partial charge in [-0.3, -0.25) is 0 Å². The van der Waals surface area contributed by atoms with E-state index in [9.17, 15) is 0 Å². The molecule has 8 bridgehead atoms. The highest BCUT2D eigenvalue weighted by molar-refractivity contribution is 6.10. The number of hydrogen-bond acceptors (Lipinski definition) is 14. The van der Waals surface area contributed by atoms with Gasteiger partial charge in [-0.2, -0.15) is 0 Å². The molecule has 0 saturated carbocycles. The Morgan fingerprint density at radius 3 is 0.900 bits per heavy atom. The summed E-state index contributed by atoms with van der Waals surface area (Å²) in [5, 5.41) is 2.82. The zero-order valence-electron chi connectivity index (χ0n) is 45.3. The maximum Gasteiger partial charge on any atom is 0.168 e. The van der Waals surface area contributed by atoms with Crippen LogP contribution in [0.5, 0.6) is 46.0 Å². The minimum atomic E-state index is 0.365. The molecule has 13 rings (SSSR count). The topological polar surface area (TPSA) is 159 Å². The molecule has 16 nitrogen and oxygen atoms in total. The summed E-state index contributed by atoms with van der Waals surface area (Å²) in [5.41, 5.74) is 8.73. The Morgan fingerprint density at radius 1 is 0.287 bits per heavy atom. The van der Waals surface area contributed by atoms with Gasteiger partial charge in [-0.25, -0.2) is 29.9 Å². The van der Waals surface area contributed by atoms with Crippen LogP contribution < -0.4 is 38.5 Å². The first-order valence-electron chi connectivity index (χ1n) is 26.0. The number of nitrogens with one attached hydrogen (secondary N) is 2. The van der Waals surface area contributed by atoms with Crippen molar-refractivity contribution in [1.82, 2.24) is 39.9 Å². The monoisotopic (exact) mass is 1050 g/mol. The highest BCUT2D eigenvalue weighted by atomic mass is 16.5. The van der Waals surface area contributed by atoms with Gasteiger partial charge in [-0.15, -0.1) is 0 Å². The number of nitrogens with zero attached hydrogens (tertiary/aromatic N) is 10. The summed E-state index contributed by atoms with van der Waals surface area (Å²) < 4.78 is 27.0. The summed E-state index contributed by atoms with van der Waals surface area (Å²) >= 11 is 0. The third-order valence-electron chi connectivity index (χ3n) is 14.1. The van der Waals surface area contributed by atoms with E-state index in [0.29, 0.717) is 125 Å². The van der Waals surface area contributed by atoms with Crippen LogP contribution in [0, 0.1) is 0 Å². The quantitative estimate of drug-likeness (QED) is 0.119. The Hall–Kier alpha value is -10.5. The van der Waals surface area contributed by atoms with Crippen LogP contribution in [0.25, 0.3) is 89.7 Å². The molecule has 0 aliphatic carbocycles. The Bertz CT molecular complexity index is 4080. The molecule has 0 unspecified atom stereocenters. The highest BCUT2D eigenvalue weighted by Crippen LogP contribution is 2.46. The number of benzene rings is 8. The van der Waals surface area contributed by atoms with E-state index in [4.69, 9.17) is 48.9 Å². The molecule has 0 atom stereocenters. The lowest BCUT2D eigenvalue weighted by Gasteiger charge is -2.14. The maximum absolute atomic E-state index is 6.76. The predicted octanol–water partition coefficient (Wildman–Crippen LogP) is 14.3. The van der Waals surface area contributed by atoms with Gasteiger partial charge in [0, 0.05) is 101 Å². The smallest absolute Gasteiger partial charge is 0.168 e. The number of anilines is 4. The average Bonchev–Trinajstić information content (AvgIpc) is 4.24. The van der Waals surface area contributed by atoms with Gasteiger partial charge in [0.25, 0.3) is 0 Å². The van der Waals surface area contributed by atoms with Crippen LogP contribution in [-0.4, -0.2) is 96.3 Å². The summed E-state index contributed by atoms with van der Waals surface area (Å²) in [5.74, 6) is 6.28. The lowest BCUT2D eigenvalue weighted by Crippen LogP contribution is -2.07. The second-order valence-corrected chi connectivity index (χ2v) is 20.3. The van der Waals surface area contributed by atoms with Crippen LogP contribution in [0.2, 0.25) is 0 Å². The third kappa shape index (κ3) is 9.07. The molecule has 80 heavy (non-hydrogen) atoms. The van der Waals surface area contributed by atoms with Crippen LogP contribution >= 0.6 is 0 Å². The number of ether oxygens (including phenoxy) is 4. The fraction of sp³-hybridized carbons (Fsp3) is 0.125. The zero-order valence-corrected chi connectivity index (χ0v) is 45.3. The number of aromatic amines is 2. The molecule has 2 N–H and O–H groups in total. The molecular formula is C64H54N12O4. The van der Waals surface area contributed by atoms with Crippen LogP contribution in [0.3, 0.4) is 0 Å². The Labute approximate surface area is 461 Å². The molecule has 8 aromatic carbocycles. The van der Waals surface area contributed by atoms with E-state index < -0.39 is 0 Å². The summed E-state index contributed by atoms with van der Waals surface area (Å²) in [6, 6.07) is 55.2. The van der Waals surface area contributed by atoms with Crippen molar-refractivity contribution in [3.63, 3.8) is 0 Å². The van der Waals surface area contributed by atoms with Crippen molar-refractivity contribution in [2.24, 2.45) is 0 Å². The minimum absolute atomic E-state index is 0.365. The first-order chi connectivity index (χ1) is 38.9. The zero-order chi connectivity index (χ0) is 54.8. The third-order valence-corrected chi connectivity index (χ3v) is 14.1. The van der Waals surface area contributed by atoms with Gasteiger partial charge >= 0.3 is 0 Å². The first kappa shape index (κ1) is 49.1. The van der Waals surface area contributed by atoms with Gasteiger partial charge in [-0.05, 0) is 121 Å². The van der Waals surface area contributed by atoms with E-state index in [1.54, 1.807) is 0 Å². The SMILES string of the molecule is CN(C)c1ccc(Oc2cccc3c2-c2nc-3nc3[nH]c(nc4nc(nc5[nH]c(n2)c2cccc(Oc6ccc(N(C)C)cc6)c52)-c2cccc(Oc5ccc(N(C)C)cc5)c2-4)c2cccc(Oc4ccc(N(C)C)cc4)c32)cc1. The second kappa shape index (κ2) is 19.8. The Balaban J connectivity index is 1.10. The van der Waals surface area contributed by atoms with Crippen molar-refractivity contribution in [3.05, 3.63) is 170 Å².